The van der Waals surface area contributed by atoms with Gasteiger partial charge in [0.05, 0.1) is 6.21 Å². The maximum atomic E-state index is 14.1. The van der Waals surface area contributed by atoms with E-state index in [2.05, 4.69) is 27.4 Å². The summed E-state index contributed by atoms with van der Waals surface area (Å²) in [7, 11) is 0. The first kappa shape index (κ1) is 20.0. The fourth-order valence-electron chi connectivity index (χ4n) is 3.06. The Labute approximate surface area is 179 Å². The summed E-state index contributed by atoms with van der Waals surface area (Å²) < 4.78 is 15.8. The lowest BCUT2D eigenvalue weighted by atomic mass is 10.1. The molecule has 0 aliphatic carbocycles. The molecule has 3 aromatic carbocycles. The van der Waals surface area contributed by atoms with E-state index in [-0.39, 0.29) is 5.82 Å². The van der Waals surface area contributed by atoms with Crippen molar-refractivity contribution in [2.45, 2.75) is 18.5 Å². The Morgan fingerprint density at radius 2 is 1.67 bits per heavy atom. The van der Waals surface area contributed by atoms with Crippen LogP contribution >= 0.6 is 11.8 Å². The van der Waals surface area contributed by atoms with Gasteiger partial charge in [0.15, 0.2) is 5.82 Å². The van der Waals surface area contributed by atoms with Crippen molar-refractivity contribution in [1.29, 1.82) is 0 Å². The molecule has 4 nitrogen and oxygen atoms in total. The summed E-state index contributed by atoms with van der Waals surface area (Å²) in [4.78, 5) is 0. The summed E-state index contributed by atoms with van der Waals surface area (Å²) in [6.45, 7) is 2.02. The third-order valence-corrected chi connectivity index (χ3v) is 5.60. The minimum Gasteiger partial charge on any atom is -0.206 e. The van der Waals surface area contributed by atoms with E-state index in [4.69, 9.17) is 0 Å². The normalized spacial score (nSPS) is 11.3. The van der Waals surface area contributed by atoms with E-state index in [0.29, 0.717) is 16.5 Å². The number of halogens is 1. The molecule has 0 saturated carbocycles. The number of nitrogens with zero attached hydrogens (tertiary/aromatic N) is 4. The lowest BCUT2D eigenvalue weighted by molar-refractivity contribution is 0.625. The topological polar surface area (TPSA) is 43.1 Å². The number of thioether (sulfide) groups is 1. The smallest absolute Gasteiger partial charge is 0.206 e. The van der Waals surface area contributed by atoms with Gasteiger partial charge in [0.1, 0.15) is 5.82 Å². The second kappa shape index (κ2) is 9.50. The van der Waals surface area contributed by atoms with Crippen LogP contribution in [-0.4, -0.2) is 26.8 Å². The van der Waals surface area contributed by atoms with Crippen molar-refractivity contribution in [2.24, 2.45) is 5.10 Å². The van der Waals surface area contributed by atoms with Crippen LogP contribution in [-0.2, 0) is 6.42 Å². The first-order valence-electron chi connectivity index (χ1n) is 9.69. The molecule has 0 saturated heterocycles. The molecule has 0 atom stereocenters. The Hall–Kier alpha value is -3.25. The Kier molecular flexibility index (Phi) is 6.35. The van der Waals surface area contributed by atoms with Crippen LogP contribution in [0.25, 0.3) is 11.4 Å². The number of aryl methyl sites for hydroxylation is 2. The fourth-order valence-corrected chi connectivity index (χ4v) is 3.93. The summed E-state index contributed by atoms with van der Waals surface area (Å²) in [5.74, 6) is 1.17. The summed E-state index contributed by atoms with van der Waals surface area (Å²) >= 11 is 1.58. The Morgan fingerprint density at radius 3 is 2.47 bits per heavy atom. The van der Waals surface area contributed by atoms with Crippen LogP contribution in [0.15, 0.2) is 89.1 Å². The maximum absolute atomic E-state index is 14.1. The molecule has 30 heavy (non-hydrogen) atoms. The number of benzene rings is 3. The summed E-state index contributed by atoms with van der Waals surface area (Å²) in [6, 6.07) is 24.8. The molecule has 0 radical (unpaired) electrons. The van der Waals surface area contributed by atoms with Gasteiger partial charge in [-0.3, -0.25) is 0 Å². The predicted molar refractivity (Wildman–Crippen MR) is 120 cm³/mol. The molecule has 0 unspecified atom stereocenters. The van der Waals surface area contributed by atoms with Gasteiger partial charge in [-0.25, -0.2) is 4.39 Å². The second-order valence-corrected chi connectivity index (χ2v) is 7.85. The number of hydrogen-bond donors (Lipinski definition) is 0. The molecular weight excluding hydrogens is 395 g/mol. The summed E-state index contributed by atoms with van der Waals surface area (Å²) in [5, 5.41) is 14.0. The van der Waals surface area contributed by atoms with E-state index < -0.39 is 0 Å². The average Bonchev–Trinajstić information content (AvgIpc) is 3.17. The first-order chi connectivity index (χ1) is 14.7. The summed E-state index contributed by atoms with van der Waals surface area (Å²) in [6.07, 6.45) is 2.43. The van der Waals surface area contributed by atoms with Crippen LogP contribution in [0.5, 0.6) is 0 Å². The van der Waals surface area contributed by atoms with E-state index in [9.17, 15) is 4.39 Å². The van der Waals surface area contributed by atoms with E-state index >= 15 is 0 Å². The van der Waals surface area contributed by atoms with Crippen molar-refractivity contribution >= 4 is 18.0 Å². The minimum atomic E-state index is -0.315. The van der Waals surface area contributed by atoms with Crippen LogP contribution in [0.1, 0.15) is 16.7 Å². The molecular formula is C24H21FN4S. The highest BCUT2D eigenvalue weighted by atomic mass is 32.2. The monoisotopic (exact) mass is 416 g/mol. The number of rotatable bonds is 7. The third-order valence-electron chi connectivity index (χ3n) is 4.68. The van der Waals surface area contributed by atoms with Crippen LogP contribution in [0.3, 0.4) is 0 Å². The van der Waals surface area contributed by atoms with Crippen LogP contribution < -0.4 is 0 Å². The van der Waals surface area contributed by atoms with Crippen molar-refractivity contribution in [2.75, 3.05) is 5.75 Å². The van der Waals surface area contributed by atoms with E-state index in [1.807, 2.05) is 49.4 Å². The van der Waals surface area contributed by atoms with E-state index in [1.165, 1.54) is 17.8 Å². The molecule has 4 rings (SSSR count). The zero-order valence-electron chi connectivity index (χ0n) is 16.6. The predicted octanol–water partition coefficient (Wildman–Crippen LogP) is 5.61. The van der Waals surface area contributed by atoms with Gasteiger partial charge in [-0.05, 0) is 30.5 Å². The Bertz CT molecular complexity index is 1150. The van der Waals surface area contributed by atoms with Gasteiger partial charge in [0.2, 0.25) is 5.16 Å². The van der Waals surface area contributed by atoms with Crippen molar-refractivity contribution in [3.05, 3.63) is 101 Å². The highest BCUT2D eigenvalue weighted by Gasteiger charge is 2.15. The molecule has 0 spiro atoms. The molecule has 0 amide bonds. The maximum Gasteiger partial charge on any atom is 0.212 e. The molecule has 0 aliphatic rings. The molecule has 0 N–H and O–H groups in total. The zero-order valence-corrected chi connectivity index (χ0v) is 17.4. The van der Waals surface area contributed by atoms with Crippen molar-refractivity contribution in [1.82, 2.24) is 14.9 Å². The van der Waals surface area contributed by atoms with Crippen LogP contribution in [0.2, 0.25) is 0 Å². The molecule has 150 valence electrons. The summed E-state index contributed by atoms with van der Waals surface area (Å²) in [5.41, 5.74) is 3.71. The SMILES string of the molecule is Cc1ccccc1-c1nnc(SCCc2ccccc2)n1/N=C/c1ccccc1F. The van der Waals surface area contributed by atoms with Gasteiger partial charge in [-0.2, -0.15) is 9.78 Å². The third kappa shape index (κ3) is 4.66. The van der Waals surface area contributed by atoms with E-state index in [0.717, 1.165) is 23.3 Å². The first-order valence-corrected chi connectivity index (χ1v) is 10.7. The van der Waals surface area contributed by atoms with Gasteiger partial charge in [0, 0.05) is 16.9 Å². The lowest BCUT2D eigenvalue weighted by Gasteiger charge is -2.07. The average molecular weight is 417 g/mol. The fraction of sp³-hybridized carbons (Fsp3) is 0.125. The zero-order chi connectivity index (χ0) is 20.8. The molecule has 6 heteroatoms. The molecule has 1 aromatic heterocycles. The Balaban J connectivity index is 1.64. The number of aromatic nitrogens is 3. The van der Waals surface area contributed by atoms with Crippen LogP contribution in [0, 0.1) is 12.7 Å². The molecule has 1 heterocycles. The van der Waals surface area contributed by atoms with E-state index in [1.54, 1.807) is 34.6 Å². The van der Waals surface area contributed by atoms with Gasteiger partial charge in [-0.1, -0.05) is 84.6 Å². The molecule has 0 bridgehead atoms. The molecule has 0 aliphatic heterocycles. The largest absolute Gasteiger partial charge is 0.212 e. The van der Waals surface area contributed by atoms with Gasteiger partial charge in [-0.15, -0.1) is 10.2 Å². The highest BCUT2D eigenvalue weighted by molar-refractivity contribution is 7.99. The standard InChI is InChI=1S/C24H21FN4S/c1-18-9-5-7-13-21(18)23-27-28-24(30-16-15-19-10-3-2-4-11-19)29(23)26-17-20-12-6-8-14-22(20)25/h2-14,17H,15-16H2,1H3/b26-17+. The number of hydrogen-bond acceptors (Lipinski definition) is 4. The van der Waals surface area contributed by atoms with Crippen molar-refractivity contribution in [3.63, 3.8) is 0 Å². The van der Waals surface area contributed by atoms with Crippen LogP contribution in [0.4, 0.5) is 4.39 Å². The van der Waals surface area contributed by atoms with Gasteiger partial charge in [0.25, 0.3) is 0 Å². The lowest BCUT2D eigenvalue weighted by Crippen LogP contribution is -2.00. The van der Waals surface area contributed by atoms with Crippen molar-refractivity contribution in [3.8, 4) is 11.4 Å². The molecule has 0 fully saturated rings. The molecule has 4 aromatic rings. The van der Waals surface area contributed by atoms with Crippen molar-refractivity contribution < 1.29 is 4.39 Å². The van der Waals surface area contributed by atoms with Gasteiger partial charge < -0.3 is 0 Å². The Morgan fingerprint density at radius 1 is 0.933 bits per heavy atom. The quantitative estimate of drug-likeness (QED) is 0.290. The minimum absolute atomic E-state index is 0.315. The van der Waals surface area contributed by atoms with Gasteiger partial charge >= 0.3 is 0 Å². The highest BCUT2D eigenvalue weighted by Crippen LogP contribution is 2.26. The second-order valence-electron chi connectivity index (χ2n) is 6.78.